The van der Waals surface area contributed by atoms with E-state index in [2.05, 4.69) is 16.9 Å². The van der Waals surface area contributed by atoms with Gasteiger partial charge < -0.3 is 14.7 Å². The highest BCUT2D eigenvalue weighted by Gasteiger charge is 2.34. The minimum Gasteiger partial charge on any atom is -0.476 e. The van der Waals surface area contributed by atoms with E-state index in [1.807, 2.05) is 0 Å². The summed E-state index contributed by atoms with van der Waals surface area (Å²) in [6.07, 6.45) is -1.84. The Morgan fingerprint density at radius 1 is 1.55 bits per heavy atom. The summed E-state index contributed by atoms with van der Waals surface area (Å²) in [5.41, 5.74) is -1.53. The molecule has 0 spiro atoms. The fraction of sp³-hybridized carbons (Fsp3) is 0.500. The second-order valence-corrected chi connectivity index (χ2v) is 4.63. The molecule has 0 aliphatic carbocycles. The van der Waals surface area contributed by atoms with Gasteiger partial charge in [0, 0.05) is 13.1 Å². The molecule has 1 atom stereocenters. The van der Waals surface area contributed by atoms with Gasteiger partial charge in [-0.3, -0.25) is 0 Å². The van der Waals surface area contributed by atoms with Crippen molar-refractivity contribution in [3.63, 3.8) is 0 Å². The summed E-state index contributed by atoms with van der Waals surface area (Å²) < 4.78 is 31.9. The zero-order valence-electron chi connectivity index (χ0n) is 11.5. The summed E-state index contributed by atoms with van der Waals surface area (Å²) in [5, 5.41) is 15.7. The van der Waals surface area contributed by atoms with Gasteiger partial charge in [-0.1, -0.05) is 17.9 Å². The quantitative estimate of drug-likeness (QED) is 0.826. The third-order valence-electron chi connectivity index (χ3n) is 3.23. The summed E-state index contributed by atoms with van der Waals surface area (Å²) in [5.74, 6) is -1.57. The third-order valence-corrected chi connectivity index (χ3v) is 3.23. The van der Waals surface area contributed by atoms with Crippen molar-refractivity contribution in [1.29, 1.82) is 0 Å². The number of aromatic nitrogens is 3. The number of carbonyl (C=O) groups excluding carboxylic acids is 1. The van der Waals surface area contributed by atoms with Gasteiger partial charge in [0.2, 0.25) is 0 Å². The Morgan fingerprint density at radius 2 is 2.27 bits per heavy atom. The number of carboxylic acid groups (broad SMARTS) is 1. The lowest BCUT2D eigenvalue weighted by Crippen LogP contribution is -2.30. The standard InChI is InChI=1S/C12H14F2N4O4/c1-2-5-22-12(21)17-4-3-7(6-17)18-9(10(13)14)8(11(19)20)15-16-18/h2,7,10H,1,3-6H2,(H,19,20). The predicted molar refractivity (Wildman–Crippen MR) is 68.7 cm³/mol. The Morgan fingerprint density at radius 3 is 2.86 bits per heavy atom. The molecule has 1 N–H and O–H groups in total. The number of ether oxygens (including phenoxy) is 1. The van der Waals surface area contributed by atoms with Crippen LogP contribution in [0.2, 0.25) is 0 Å². The first-order chi connectivity index (χ1) is 10.5. The van der Waals surface area contributed by atoms with Crippen molar-refractivity contribution < 1.29 is 28.2 Å². The van der Waals surface area contributed by atoms with Crippen molar-refractivity contribution in [2.75, 3.05) is 19.7 Å². The van der Waals surface area contributed by atoms with Crippen LogP contribution in [0.3, 0.4) is 0 Å². The molecule has 1 saturated heterocycles. The summed E-state index contributed by atoms with van der Waals surface area (Å²) in [4.78, 5) is 23.9. The minimum atomic E-state index is -3.03. The maximum Gasteiger partial charge on any atom is 0.410 e. The first-order valence-corrected chi connectivity index (χ1v) is 6.44. The van der Waals surface area contributed by atoms with E-state index in [-0.39, 0.29) is 13.2 Å². The lowest BCUT2D eigenvalue weighted by Gasteiger charge is -2.16. The minimum absolute atomic E-state index is 0.0504. The molecule has 10 heteroatoms. The Hall–Kier alpha value is -2.52. The number of amides is 1. The molecule has 1 aromatic rings. The van der Waals surface area contributed by atoms with Gasteiger partial charge >= 0.3 is 12.1 Å². The fourth-order valence-corrected chi connectivity index (χ4v) is 2.25. The van der Waals surface area contributed by atoms with Crippen LogP contribution in [0.4, 0.5) is 13.6 Å². The van der Waals surface area contributed by atoms with Gasteiger partial charge in [-0.15, -0.1) is 5.10 Å². The van der Waals surface area contributed by atoms with Crippen LogP contribution < -0.4 is 0 Å². The van der Waals surface area contributed by atoms with E-state index >= 15 is 0 Å². The molecule has 8 nitrogen and oxygen atoms in total. The molecule has 1 amide bonds. The molecule has 0 bridgehead atoms. The van der Waals surface area contributed by atoms with E-state index in [0.29, 0.717) is 13.0 Å². The molecular formula is C12H14F2N4O4. The second kappa shape index (κ2) is 6.50. The average Bonchev–Trinajstić information content (AvgIpc) is 3.10. The molecule has 0 saturated carbocycles. The molecule has 1 aliphatic heterocycles. The van der Waals surface area contributed by atoms with Crippen molar-refractivity contribution in [3.8, 4) is 0 Å². The number of rotatable bonds is 5. The van der Waals surface area contributed by atoms with E-state index in [0.717, 1.165) is 4.68 Å². The molecule has 0 aromatic carbocycles. The third kappa shape index (κ3) is 3.05. The molecule has 2 heterocycles. The van der Waals surface area contributed by atoms with Crippen LogP contribution in [-0.4, -0.2) is 56.8 Å². The number of carboxylic acids is 1. The predicted octanol–water partition coefficient (Wildman–Crippen LogP) is 1.48. The molecule has 0 radical (unpaired) electrons. The number of hydrogen-bond acceptors (Lipinski definition) is 5. The molecular weight excluding hydrogens is 302 g/mol. The zero-order chi connectivity index (χ0) is 16.3. The van der Waals surface area contributed by atoms with Crippen LogP contribution in [0.5, 0.6) is 0 Å². The molecule has 1 aliphatic rings. The number of halogens is 2. The summed E-state index contributed by atoms with van der Waals surface area (Å²) >= 11 is 0. The number of carbonyl (C=O) groups is 2. The second-order valence-electron chi connectivity index (χ2n) is 4.63. The Labute approximate surface area is 124 Å². The van der Waals surface area contributed by atoms with Crippen molar-refractivity contribution in [3.05, 3.63) is 24.0 Å². The monoisotopic (exact) mass is 316 g/mol. The van der Waals surface area contributed by atoms with Crippen LogP contribution >= 0.6 is 0 Å². The summed E-state index contributed by atoms with van der Waals surface area (Å²) in [7, 11) is 0. The number of alkyl halides is 2. The van der Waals surface area contributed by atoms with Crippen LogP contribution in [0.15, 0.2) is 12.7 Å². The van der Waals surface area contributed by atoms with Crippen molar-refractivity contribution in [1.82, 2.24) is 19.9 Å². The Kier molecular flexibility index (Phi) is 4.68. The summed E-state index contributed by atoms with van der Waals surface area (Å²) in [6.45, 7) is 3.86. The number of hydrogen-bond donors (Lipinski definition) is 1. The summed E-state index contributed by atoms with van der Waals surface area (Å²) in [6, 6.07) is -0.569. The topological polar surface area (TPSA) is 97.5 Å². The highest BCUT2D eigenvalue weighted by atomic mass is 19.3. The fourth-order valence-electron chi connectivity index (χ4n) is 2.25. The van der Waals surface area contributed by atoms with Crippen molar-refractivity contribution in [2.45, 2.75) is 18.9 Å². The van der Waals surface area contributed by atoms with Crippen LogP contribution in [0.1, 0.15) is 35.1 Å². The van der Waals surface area contributed by atoms with Crippen LogP contribution in [-0.2, 0) is 4.74 Å². The maximum absolute atomic E-state index is 13.1. The first-order valence-electron chi connectivity index (χ1n) is 6.44. The van der Waals surface area contributed by atoms with E-state index in [1.54, 1.807) is 0 Å². The molecule has 22 heavy (non-hydrogen) atoms. The number of nitrogens with zero attached hydrogens (tertiary/aromatic N) is 4. The Balaban J connectivity index is 2.15. The normalized spacial score (nSPS) is 17.8. The van der Waals surface area contributed by atoms with Gasteiger partial charge in [0.05, 0.1) is 6.04 Å². The largest absolute Gasteiger partial charge is 0.476 e. The van der Waals surface area contributed by atoms with E-state index in [4.69, 9.17) is 9.84 Å². The highest BCUT2D eigenvalue weighted by molar-refractivity contribution is 5.86. The van der Waals surface area contributed by atoms with Gasteiger partial charge in [0.25, 0.3) is 6.43 Å². The first kappa shape index (κ1) is 15.9. The van der Waals surface area contributed by atoms with Crippen molar-refractivity contribution >= 4 is 12.1 Å². The maximum atomic E-state index is 13.1. The average molecular weight is 316 g/mol. The van der Waals surface area contributed by atoms with Gasteiger partial charge in [-0.05, 0) is 6.42 Å². The van der Waals surface area contributed by atoms with Gasteiger partial charge in [0.15, 0.2) is 5.69 Å². The van der Waals surface area contributed by atoms with E-state index in [9.17, 15) is 18.4 Å². The van der Waals surface area contributed by atoms with E-state index in [1.165, 1.54) is 11.0 Å². The molecule has 1 unspecified atom stereocenters. The zero-order valence-corrected chi connectivity index (χ0v) is 11.5. The molecule has 1 aromatic heterocycles. The SMILES string of the molecule is C=CCOC(=O)N1CCC(n2nnc(C(=O)O)c2C(F)F)C1. The lowest BCUT2D eigenvalue weighted by molar-refractivity contribution is 0.0674. The highest BCUT2D eigenvalue weighted by Crippen LogP contribution is 2.29. The smallest absolute Gasteiger partial charge is 0.410 e. The Bertz CT molecular complexity index is 590. The number of likely N-dealkylation sites (tertiary alicyclic amines) is 1. The molecule has 120 valence electrons. The van der Waals surface area contributed by atoms with Gasteiger partial charge in [-0.25, -0.2) is 23.1 Å². The van der Waals surface area contributed by atoms with Gasteiger partial charge in [-0.2, -0.15) is 0 Å². The molecule has 2 rings (SSSR count). The van der Waals surface area contributed by atoms with Crippen molar-refractivity contribution in [2.24, 2.45) is 0 Å². The van der Waals surface area contributed by atoms with Gasteiger partial charge in [0.1, 0.15) is 12.3 Å². The number of aromatic carboxylic acids is 1. The van der Waals surface area contributed by atoms with Crippen LogP contribution in [0, 0.1) is 0 Å². The van der Waals surface area contributed by atoms with E-state index < -0.39 is 35.9 Å². The van der Waals surface area contributed by atoms with Crippen LogP contribution in [0.25, 0.3) is 0 Å². The lowest BCUT2D eigenvalue weighted by atomic mass is 10.2. The molecule has 1 fully saturated rings.